The number of methoxy groups -OCH3 is 1. The Labute approximate surface area is 192 Å². The number of nitrogens with one attached hydrogen (secondary N) is 2. The zero-order valence-electron chi connectivity index (χ0n) is 19.0. The van der Waals surface area contributed by atoms with Gasteiger partial charge in [-0.2, -0.15) is 4.98 Å². The molecule has 2 aromatic carbocycles. The number of benzene rings is 2. The third-order valence-electron chi connectivity index (χ3n) is 4.86. The van der Waals surface area contributed by atoms with Gasteiger partial charge >= 0.3 is 0 Å². The van der Waals surface area contributed by atoms with Crippen molar-refractivity contribution in [2.45, 2.75) is 24.0 Å². The van der Waals surface area contributed by atoms with Crippen molar-refractivity contribution in [1.82, 2.24) is 9.97 Å². The van der Waals surface area contributed by atoms with E-state index in [1.54, 1.807) is 63.6 Å². The molecule has 11 heteroatoms. The molecule has 1 aromatic heterocycles. The molecule has 0 atom stereocenters. The molecule has 0 bridgehead atoms. The second kappa shape index (κ2) is 9.49. The summed E-state index contributed by atoms with van der Waals surface area (Å²) in [5.41, 5.74) is 0.702. The molecule has 0 radical (unpaired) electrons. The van der Waals surface area contributed by atoms with Crippen molar-refractivity contribution >= 4 is 45.4 Å². The number of anilines is 4. The molecule has 0 aliphatic carbocycles. The lowest BCUT2D eigenvalue weighted by molar-refractivity contribution is 0.417. The molecular formula is C22H26FN4O4PS. The van der Waals surface area contributed by atoms with Crippen molar-refractivity contribution in [2.75, 3.05) is 31.1 Å². The van der Waals surface area contributed by atoms with Crippen molar-refractivity contribution < 1.29 is 22.1 Å². The van der Waals surface area contributed by atoms with E-state index in [2.05, 4.69) is 20.6 Å². The Bertz CT molecular complexity index is 1330. The van der Waals surface area contributed by atoms with Gasteiger partial charge in [0, 0.05) is 5.30 Å². The van der Waals surface area contributed by atoms with Gasteiger partial charge in [0.25, 0.3) is 0 Å². The van der Waals surface area contributed by atoms with Gasteiger partial charge in [-0.1, -0.05) is 12.1 Å². The topological polar surface area (TPSA) is 110 Å². The maximum absolute atomic E-state index is 14.5. The van der Waals surface area contributed by atoms with E-state index >= 15 is 0 Å². The summed E-state index contributed by atoms with van der Waals surface area (Å²) in [4.78, 5) is 8.17. The molecule has 8 nitrogen and oxygen atoms in total. The normalized spacial score (nSPS) is 12.0. The molecular weight excluding hydrogens is 466 g/mol. The first-order valence-corrected chi connectivity index (χ1v) is 14.2. The molecule has 0 fully saturated rings. The van der Waals surface area contributed by atoms with Gasteiger partial charge in [0.15, 0.2) is 21.5 Å². The van der Waals surface area contributed by atoms with Crippen LogP contribution in [0.3, 0.4) is 0 Å². The summed E-state index contributed by atoms with van der Waals surface area (Å²) in [6.07, 6.45) is 0.977. The van der Waals surface area contributed by atoms with Crippen LogP contribution in [0.4, 0.5) is 27.5 Å². The summed E-state index contributed by atoms with van der Waals surface area (Å²) in [5.74, 6) is -0.462. The van der Waals surface area contributed by atoms with Crippen LogP contribution in [0, 0.1) is 5.82 Å². The molecule has 3 aromatic rings. The first kappa shape index (κ1) is 24.7. The smallest absolute Gasteiger partial charge is 0.229 e. The van der Waals surface area contributed by atoms with Crippen molar-refractivity contribution in [2.24, 2.45) is 0 Å². The molecule has 0 saturated carbocycles. The molecule has 176 valence electrons. The van der Waals surface area contributed by atoms with E-state index in [0.717, 1.165) is 6.20 Å². The van der Waals surface area contributed by atoms with E-state index in [1.165, 1.54) is 13.2 Å². The summed E-state index contributed by atoms with van der Waals surface area (Å²) in [7, 11) is -4.62. The Kier molecular flexibility index (Phi) is 7.09. The highest BCUT2D eigenvalue weighted by molar-refractivity contribution is 7.92. The molecule has 0 aliphatic heterocycles. The van der Waals surface area contributed by atoms with Crippen LogP contribution in [-0.2, 0) is 14.4 Å². The van der Waals surface area contributed by atoms with Crippen LogP contribution in [-0.4, -0.2) is 44.1 Å². The van der Waals surface area contributed by atoms with Crippen molar-refractivity contribution in [3.05, 3.63) is 54.5 Å². The summed E-state index contributed by atoms with van der Waals surface area (Å²) in [6.45, 7) is 6.47. The van der Waals surface area contributed by atoms with Crippen LogP contribution < -0.4 is 20.7 Å². The van der Waals surface area contributed by atoms with Gasteiger partial charge in [-0.15, -0.1) is 0 Å². The lowest BCUT2D eigenvalue weighted by atomic mass is 10.3. The number of hydrogen-bond donors (Lipinski definition) is 2. The molecule has 0 amide bonds. The molecule has 1 heterocycles. The molecule has 3 rings (SSSR count). The molecule has 0 saturated heterocycles. The first-order valence-electron chi connectivity index (χ1n) is 10.1. The molecule has 33 heavy (non-hydrogen) atoms. The average molecular weight is 493 g/mol. The Balaban J connectivity index is 1.95. The van der Waals surface area contributed by atoms with Crippen LogP contribution >= 0.6 is 7.14 Å². The highest BCUT2D eigenvalue weighted by Gasteiger charge is 2.23. The van der Waals surface area contributed by atoms with E-state index in [0.29, 0.717) is 16.7 Å². The largest absolute Gasteiger partial charge is 0.495 e. The number of para-hydroxylation sites is 1. The molecule has 2 N–H and O–H groups in total. The number of nitrogens with zero attached hydrogens (tertiary/aromatic N) is 2. The van der Waals surface area contributed by atoms with Crippen LogP contribution in [0.1, 0.15) is 13.8 Å². The van der Waals surface area contributed by atoms with Gasteiger partial charge in [-0.25, -0.2) is 17.8 Å². The van der Waals surface area contributed by atoms with Crippen molar-refractivity contribution in [1.29, 1.82) is 0 Å². The molecule has 0 aliphatic rings. The van der Waals surface area contributed by atoms with E-state index in [4.69, 9.17) is 4.74 Å². The second-order valence-corrected chi connectivity index (χ2v) is 13.7. The fourth-order valence-electron chi connectivity index (χ4n) is 2.95. The third-order valence-corrected chi connectivity index (χ3v) is 8.60. The standard InChI is InChI=1S/C22H26FN4O4PS/c1-14(2)33(29,30)20-9-7-6-8-18(20)25-21-16(23)13-24-22(27-21)26-17-11-10-15(32(4,5)28)12-19(17)31-3/h6-14H,1-5H3,(H2,24,25,26,27). The number of rotatable bonds is 8. The predicted octanol–water partition coefficient (Wildman–Crippen LogP) is 4.54. The first-order chi connectivity index (χ1) is 15.4. The lowest BCUT2D eigenvalue weighted by Gasteiger charge is -2.16. The van der Waals surface area contributed by atoms with Crippen molar-refractivity contribution in [3.8, 4) is 5.75 Å². The van der Waals surface area contributed by atoms with E-state index in [-0.39, 0.29) is 22.3 Å². The lowest BCUT2D eigenvalue weighted by Crippen LogP contribution is -2.16. The average Bonchev–Trinajstić information content (AvgIpc) is 2.75. The third kappa shape index (κ3) is 5.51. The summed E-state index contributed by atoms with van der Waals surface area (Å²) in [5, 5.41) is 5.73. The van der Waals surface area contributed by atoms with Gasteiger partial charge in [0.2, 0.25) is 5.95 Å². The quantitative estimate of drug-likeness (QED) is 0.441. The van der Waals surface area contributed by atoms with Gasteiger partial charge in [0.05, 0.1) is 34.8 Å². The zero-order valence-corrected chi connectivity index (χ0v) is 20.7. The van der Waals surface area contributed by atoms with Gasteiger partial charge in [0.1, 0.15) is 12.9 Å². The Morgan fingerprint density at radius 2 is 1.76 bits per heavy atom. The van der Waals surface area contributed by atoms with E-state index in [1.807, 2.05) is 0 Å². The highest BCUT2D eigenvalue weighted by Crippen LogP contribution is 2.38. The summed E-state index contributed by atoms with van der Waals surface area (Å²) in [6, 6.07) is 11.3. The van der Waals surface area contributed by atoms with Crippen LogP contribution in [0.25, 0.3) is 0 Å². The van der Waals surface area contributed by atoms with Crippen LogP contribution in [0.5, 0.6) is 5.75 Å². The zero-order chi connectivity index (χ0) is 24.4. The molecule has 0 spiro atoms. The van der Waals surface area contributed by atoms with E-state index in [9.17, 15) is 17.4 Å². The monoisotopic (exact) mass is 492 g/mol. The number of ether oxygens (including phenoxy) is 1. The summed E-state index contributed by atoms with van der Waals surface area (Å²) < 4.78 is 57.6. The van der Waals surface area contributed by atoms with Gasteiger partial charge in [-0.05, 0) is 57.5 Å². The van der Waals surface area contributed by atoms with Crippen LogP contribution in [0.2, 0.25) is 0 Å². The van der Waals surface area contributed by atoms with Crippen LogP contribution in [0.15, 0.2) is 53.6 Å². The number of halogens is 1. The van der Waals surface area contributed by atoms with E-state index < -0.39 is 28.0 Å². The summed E-state index contributed by atoms with van der Waals surface area (Å²) >= 11 is 0. The van der Waals surface area contributed by atoms with Crippen molar-refractivity contribution in [3.63, 3.8) is 0 Å². The Hall–Kier alpha value is -2.97. The minimum atomic E-state index is -3.61. The Morgan fingerprint density at radius 3 is 2.39 bits per heavy atom. The van der Waals surface area contributed by atoms with Gasteiger partial charge < -0.3 is 19.9 Å². The minimum Gasteiger partial charge on any atom is -0.495 e. The maximum Gasteiger partial charge on any atom is 0.229 e. The number of aromatic nitrogens is 2. The fourth-order valence-corrected chi connectivity index (χ4v) is 5.02. The predicted molar refractivity (Wildman–Crippen MR) is 129 cm³/mol. The SMILES string of the molecule is COc1cc(P(C)(C)=O)ccc1Nc1ncc(F)c(Nc2ccccc2S(=O)(=O)C(C)C)n1. The highest BCUT2D eigenvalue weighted by atomic mass is 32.2. The second-order valence-electron chi connectivity index (χ2n) is 7.97. The molecule has 0 unspecified atom stereocenters. The number of hydrogen-bond acceptors (Lipinski definition) is 8. The fraction of sp³-hybridized carbons (Fsp3) is 0.273. The maximum atomic E-state index is 14.5. The Morgan fingerprint density at radius 1 is 1.06 bits per heavy atom. The van der Waals surface area contributed by atoms with Gasteiger partial charge in [-0.3, -0.25) is 0 Å². The minimum absolute atomic E-state index is 0.0494. The number of sulfone groups is 1.